The average Bonchev–Trinajstić information content (AvgIpc) is 3.49. The van der Waals surface area contributed by atoms with Crippen LogP contribution in [0.1, 0.15) is 296 Å². The van der Waals surface area contributed by atoms with E-state index < -0.39 is 26.5 Å². The Labute approximate surface area is 511 Å². The summed E-state index contributed by atoms with van der Waals surface area (Å²) in [5.41, 5.74) is 5.40. The van der Waals surface area contributed by atoms with Gasteiger partial charge in [0, 0.05) is 19.4 Å². The molecule has 0 aromatic heterocycles. The number of phosphoric acid groups is 1. The Morgan fingerprint density at radius 1 is 0.373 bits per heavy atom. The number of unbranched alkanes of at least 4 members (excludes halogenated alkanes) is 30. The van der Waals surface area contributed by atoms with Crippen molar-refractivity contribution >= 4 is 19.8 Å². The first-order valence-corrected chi connectivity index (χ1v) is 35.5. The van der Waals surface area contributed by atoms with Crippen molar-refractivity contribution in [3.8, 4) is 0 Å². The Morgan fingerprint density at radius 3 is 1.00 bits per heavy atom. The summed E-state index contributed by atoms with van der Waals surface area (Å²) in [6.07, 6.45) is 94.2. The van der Waals surface area contributed by atoms with Gasteiger partial charge in [-0.25, -0.2) is 4.57 Å². The van der Waals surface area contributed by atoms with Gasteiger partial charge in [0.25, 0.3) is 0 Å². The molecule has 10 heteroatoms. The number of ether oxygens (including phenoxy) is 2. The van der Waals surface area contributed by atoms with Crippen LogP contribution in [0.15, 0.2) is 122 Å². The van der Waals surface area contributed by atoms with Crippen LogP contribution in [0.25, 0.3) is 0 Å². The van der Waals surface area contributed by atoms with Crippen molar-refractivity contribution in [2.75, 3.05) is 26.4 Å². The van der Waals surface area contributed by atoms with Gasteiger partial charge in [-0.05, 0) is 109 Å². The molecule has 0 saturated carbocycles. The van der Waals surface area contributed by atoms with Gasteiger partial charge >= 0.3 is 19.8 Å². The number of nitrogens with two attached hydrogens (primary N) is 1. The summed E-state index contributed by atoms with van der Waals surface area (Å²) in [4.78, 5) is 35.3. The molecule has 476 valence electrons. The zero-order valence-corrected chi connectivity index (χ0v) is 54.3. The molecule has 9 nitrogen and oxygen atoms in total. The molecule has 0 bridgehead atoms. The molecule has 0 aromatic rings. The predicted octanol–water partition coefficient (Wildman–Crippen LogP) is 22.3. The highest BCUT2D eigenvalue weighted by Crippen LogP contribution is 2.43. The molecule has 0 saturated heterocycles. The van der Waals surface area contributed by atoms with E-state index in [-0.39, 0.29) is 38.6 Å². The van der Waals surface area contributed by atoms with Gasteiger partial charge in [0.2, 0.25) is 0 Å². The third kappa shape index (κ3) is 67.4. The first kappa shape index (κ1) is 79.4. The lowest BCUT2D eigenvalue weighted by Gasteiger charge is -2.19. The molecule has 2 atom stereocenters. The zero-order valence-electron chi connectivity index (χ0n) is 53.4. The lowest BCUT2D eigenvalue weighted by Crippen LogP contribution is -2.29. The summed E-state index contributed by atoms with van der Waals surface area (Å²) in [6, 6.07) is 0. The molecule has 0 fully saturated rings. The van der Waals surface area contributed by atoms with E-state index in [9.17, 15) is 19.0 Å². The molecule has 0 aromatic carbocycles. The normalized spacial score (nSPS) is 13.7. The van der Waals surface area contributed by atoms with E-state index in [0.29, 0.717) is 6.42 Å². The van der Waals surface area contributed by atoms with Gasteiger partial charge in [-0.2, -0.15) is 0 Å². The van der Waals surface area contributed by atoms with Crippen molar-refractivity contribution in [3.05, 3.63) is 122 Å². The van der Waals surface area contributed by atoms with Crippen molar-refractivity contribution in [2.45, 2.75) is 302 Å². The molecular weight excluding hydrogens is 1050 g/mol. The Hall–Kier alpha value is -3.59. The fourth-order valence-corrected chi connectivity index (χ4v) is 10.1. The van der Waals surface area contributed by atoms with Crippen molar-refractivity contribution in [1.82, 2.24) is 0 Å². The monoisotopic (exact) mass is 1180 g/mol. The highest BCUT2D eigenvalue weighted by Gasteiger charge is 2.26. The summed E-state index contributed by atoms with van der Waals surface area (Å²) in [5.74, 6) is -0.848. The average molecular weight is 1180 g/mol. The second-order valence-corrected chi connectivity index (χ2v) is 23.8. The molecule has 0 amide bonds. The maximum Gasteiger partial charge on any atom is 0.472 e. The molecule has 0 spiro atoms. The molecular formula is C73H126NO8P. The van der Waals surface area contributed by atoms with Gasteiger partial charge in [-0.3, -0.25) is 18.6 Å². The van der Waals surface area contributed by atoms with Crippen LogP contribution in [0, 0.1) is 0 Å². The minimum absolute atomic E-state index is 0.0448. The van der Waals surface area contributed by atoms with E-state index in [4.69, 9.17) is 24.3 Å². The van der Waals surface area contributed by atoms with Crippen LogP contribution >= 0.6 is 7.82 Å². The minimum atomic E-state index is -4.41. The van der Waals surface area contributed by atoms with Crippen LogP contribution < -0.4 is 5.73 Å². The molecule has 0 radical (unpaired) electrons. The van der Waals surface area contributed by atoms with Crippen LogP contribution in [-0.4, -0.2) is 49.3 Å². The number of phosphoric ester groups is 1. The van der Waals surface area contributed by atoms with E-state index in [0.717, 1.165) is 109 Å². The first-order valence-electron chi connectivity index (χ1n) is 34.0. The fraction of sp³-hybridized carbons (Fsp3) is 0.699. The van der Waals surface area contributed by atoms with E-state index >= 15 is 0 Å². The summed E-state index contributed by atoms with van der Waals surface area (Å²) >= 11 is 0. The third-order valence-electron chi connectivity index (χ3n) is 14.3. The Bertz CT molecular complexity index is 1770. The summed E-state index contributed by atoms with van der Waals surface area (Å²) in [6.45, 7) is 3.63. The van der Waals surface area contributed by atoms with E-state index in [2.05, 4.69) is 135 Å². The highest BCUT2D eigenvalue weighted by molar-refractivity contribution is 7.47. The molecule has 83 heavy (non-hydrogen) atoms. The Morgan fingerprint density at radius 2 is 0.663 bits per heavy atom. The van der Waals surface area contributed by atoms with Crippen LogP contribution in [0.4, 0.5) is 0 Å². The second kappa shape index (κ2) is 67.5. The smallest absolute Gasteiger partial charge is 0.462 e. The first-order chi connectivity index (χ1) is 40.8. The van der Waals surface area contributed by atoms with E-state index in [1.165, 1.54) is 154 Å². The molecule has 2 unspecified atom stereocenters. The lowest BCUT2D eigenvalue weighted by molar-refractivity contribution is -0.161. The van der Waals surface area contributed by atoms with Gasteiger partial charge in [-0.1, -0.05) is 296 Å². The number of carbonyl (C=O) groups is 2. The highest BCUT2D eigenvalue weighted by atomic mass is 31.2. The quantitative estimate of drug-likeness (QED) is 0.0264. The topological polar surface area (TPSA) is 134 Å². The van der Waals surface area contributed by atoms with Crippen molar-refractivity contribution in [1.29, 1.82) is 0 Å². The zero-order chi connectivity index (χ0) is 60.1. The maximum atomic E-state index is 12.7. The van der Waals surface area contributed by atoms with E-state index in [1.807, 2.05) is 0 Å². The third-order valence-corrected chi connectivity index (χ3v) is 15.3. The molecule has 0 rings (SSSR count). The van der Waals surface area contributed by atoms with Gasteiger partial charge in [0.05, 0.1) is 13.2 Å². The maximum absolute atomic E-state index is 12.7. The van der Waals surface area contributed by atoms with Crippen LogP contribution in [0.3, 0.4) is 0 Å². The number of hydrogen-bond donors (Lipinski definition) is 2. The molecule has 0 aliphatic rings. The fourth-order valence-electron chi connectivity index (χ4n) is 9.33. The van der Waals surface area contributed by atoms with E-state index in [1.54, 1.807) is 0 Å². The molecule has 0 heterocycles. The van der Waals surface area contributed by atoms with Crippen LogP contribution in [0.2, 0.25) is 0 Å². The van der Waals surface area contributed by atoms with Gasteiger partial charge in [0.1, 0.15) is 6.61 Å². The molecule has 0 aliphatic carbocycles. The summed E-state index contributed by atoms with van der Waals surface area (Å²) in [5, 5.41) is 0. The van der Waals surface area contributed by atoms with Crippen molar-refractivity contribution in [2.24, 2.45) is 5.73 Å². The van der Waals surface area contributed by atoms with Crippen molar-refractivity contribution in [3.63, 3.8) is 0 Å². The van der Waals surface area contributed by atoms with Gasteiger partial charge in [0.15, 0.2) is 6.10 Å². The minimum Gasteiger partial charge on any atom is -0.462 e. The molecule has 3 N–H and O–H groups in total. The largest absolute Gasteiger partial charge is 0.472 e. The van der Waals surface area contributed by atoms with Gasteiger partial charge in [-0.15, -0.1) is 0 Å². The van der Waals surface area contributed by atoms with Gasteiger partial charge < -0.3 is 20.1 Å². The van der Waals surface area contributed by atoms with Crippen LogP contribution in [-0.2, 0) is 32.7 Å². The lowest BCUT2D eigenvalue weighted by atomic mass is 10.0. The summed E-state index contributed by atoms with van der Waals surface area (Å²) < 4.78 is 33.1. The number of esters is 2. The number of carbonyl (C=O) groups excluding carboxylic acids is 2. The summed E-state index contributed by atoms with van der Waals surface area (Å²) in [7, 11) is -4.41. The number of rotatable bonds is 63. The SMILES string of the molecule is CC/C=C\C/C=C\C/C=C\C/C=C\C/C=C\C/C=C\C/C=C\C/C=C\C/C=C\CCCCCCCC(=O)OC(COC(=O)CCCCCCCCCCCCCCCCCCC/C=C\CCCCCCCCCC)COP(=O)(O)OCCN. The standard InChI is InChI=1S/C73H126NO8P/c1-3-5-7-9-11-13-15-17-19-21-23-25-27-29-31-33-34-35-36-38-40-42-44-46-48-50-52-54-56-58-60-62-64-66-73(76)82-71(70-81-83(77,78)80-68-67-74)69-79-72(75)65-63-61-59-57-55-53-51-49-47-45-43-41-39-37-32-30-28-26-24-22-20-18-16-14-12-10-8-6-4-2/h5,7,11,13,17,19,22-25,29,31,34-35,38,40,44,46,50,52,71H,3-4,6,8-10,12,14-16,18,20-21,26-28,30,32-33,36-37,39,41-43,45,47-49,51,53-70,74H2,1-2H3,(H,77,78)/b7-5-,13-11-,19-17-,24-22-,25-23-,31-29-,35-34-,40-38-,46-44-,52-50-. The number of hydrogen-bond acceptors (Lipinski definition) is 8. The Balaban J connectivity index is 3.98. The van der Waals surface area contributed by atoms with Crippen molar-refractivity contribution < 1.29 is 37.6 Å². The predicted molar refractivity (Wildman–Crippen MR) is 358 cm³/mol. The number of allylic oxidation sites excluding steroid dienone is 20. The second-order valence-electron chi connectivity index (χ2n) is 22.3. The molecule has 0 aliphatic heterocycles. The van der Waals surface area contributed by atoms with Crippen LogP contribution in [0.5, 0.6) is 0 Å². The Kier molecular flexibility index (Phi) is 64.6.